The van der Waals surface area contributed by atoms with Crippen LogP contribution < -0.4 is 16.2 Å². The highest BCUT2D eigenvalue weighted by Crippen LogP contribution is 2.31. The van der Waals surface area contributed by atoms with Crippen molar-refractivity contribution in [2.45, 2.75) is 38.5 Å². The Morgan fingerprint density at radius 2 is 1.82 bits per heavy atom. The second-order valence-electron chi connectivity index (χ2n) is 11.6. The zero-order valence-electron chi connectivity index (χ0n) is 27.0. The van der Waals surface area contributed by atoms with E-state index in [1.807, 2.05) is 50.2 Å². The first-order chi connectivity index (χ1) is 23.7. The van der Waals surface area contributed by atoms with Crippen molar-refractivity contribution in [3.8, 4) is 11.5 Å². The molecule has 15 heteroatoms. The van der Waals surface area contributed by atoms with Gasteiger partial charge in [-0.15, -0.1) is 0 Å². The van der Waals surface area contributed by atoms with Crippen LogP contribution in [0.2, 0.25) is 0 Å². The van der Waals surface area contributed by atoms with Gasteiger partial charge in [-0.3, -0.25) is 14.9 Å². The number of benzene rings is 3. The van der Waals surface area contributed by atoms with Crippen LogP contribution in [0.3, 0.4) is 0 Å². The standard InChI is InChI=1S/C33H31N5O5.C2HF3O2/c1-19-14-22-5-8-26(19)20(2)18-43-33(41)37-24-7-9-27(31-35-12-13-42-31)23(15-24)17-38(3)32(40)29(22)36-25-6-4-21-10-11-34-30(39)28(21)16-25;3-2(4,5)1(6)7/h4-16,20,29,36H,17-18H2,1-3H3,(H,34,39)(H,37,41);(H,6,7)/t20-,29+;/m0./s1. The van der Waals surface area contributed by atoms with Gasteiger partial charge in [0.2, 0.25) is 11.8 Å². The lowest BCUT2D eigenvalue weighted by Gasteiger charge is -2.27. The van der Waals surface area contributed by atoms with Crippen molar-refractivity contribution < 1.29 is 41.8 Å². The number of aromatic amines is 1. The molecule has 3 aromatic carbocycles. The quantitative estimate of drug-likeness (QED) is 0.163. The molecule has 2 atom stereocenters. The van der Waals surface area contributed by atoms with Gasteiger partial charge in [-0.25, -0.2) is 14.6 Å². The molecule has 0 spiro atoms. The molecule has 0 saturated carbocycles. The van der Waals surface area contributed by atoms with E-state index in [4.69, 9.17) is 19.1 Å². The van der Waals surface area contributed by atoms with Crippen LogP contribution in [-0.4, -0.2) is 57.8 Å². The Balaban J connectivity index is 0.000000630. The Labute approximate surface area is 282 Å². The molecule has 0 aliphatic carbocycles. The number of aryl methyl sites for hydroxylation is 1. The number of anilines is 2. The van der Waals surface area contributed by atoms with Crippen molar-refractivity contribution in [1.82, 2.24) is 14.9 Å². The van der Waals surface area contributed by atoms with Crippen LogP contribution in [0.4, 0.5) is 29.3 Å². The minimum Gasteiger partial charge on any atom is -0.475 e. The van der Waals surface area contributed by atoms with E-state index in [-0.39, 0.29) is 30.5 Å². The van der Waals surface area contributed by atoms with Gasteiger partial charge in [0.15, 0.2) is 0 Å². The number of hydrogen-bond acceptors (Lipinski definition) is 8. The normalized spacial score (nSPS) is 16.6. The Hall–Kier alpha value is -6.12. The number of oxazole rings is 1. The number of nitrogens with one attached hydrogen (secondary N) is 3. The molecule has 0 saturated heterocycles. The van der Waals surface area contributed by atoms with Crippen molar-refractivity contribution in [3.63, 3.8) is 0 Å². The fourth-order valence-corrected chi connectivity index (χ4v) is 5.52. The zero-order valence-corrected chi connectivity index (χ0v) is 27.0. The van der Waals surface area contributed by atoms with E-state index in [9.17, 15) is 27.6 Å². The molecule has 4 bridgehead atoms. The first-order valence-electron chi connectivity index (χ1n) is 15.2. The molecular weight excluding hydrogens is 659 g/mol. The summed E-state index contributed by atoms with van der Waals surface area (Å²) >= 11 is 0. The summed E-state index contributed by atoms with van der Waals surface area (Å²) in [6, 6.07) is 17.7. The summed E-state index contributed by atoms with van der Waals surface area (Å²) < 4.78 is 42.9. The van der Waals surface area contributed by atoms with E-state index in [2.05, 4.69) is 20.6 Å². The fourth-order valence-electron chi connectivity index (χ4n) is 5.52. The minimum absolute atomic E-state index is 0.0762. The lowest BCUT2D eigenvalue weighted by atomic mass is 9.92. The average Bonchev–Trinajstić information content (AvgIpc) is 3.61. The van der Waals surface area contributed by atoms with Crippen LogP contribution >= 0.6 is 0 Å². The number of carboxylic acid groups (broad SMARTS) is 1. The molecule has 0 fully saturated rings. The summed E-state index contributed by atoms with van der Waals surface area (Å²) in [5.74, 6) is -2.62. The molecule has 4 heterocycles. The number of carbonyl (C=O) groups is 3. The second kappa shape index (κ2) is 14.6. The maximum atomic E-state index is 14.3. The van der Waals surface area contributed by atoms with Crippen LogP contribution in [0, 0.1) is 6.92 Å². The third-order valence-corrected chi connectivity index (χ3v) is 8.00. The number of ether oxygens (including phenoxy) is 1. The Morgan fingerprint density at radius 3 is 2.50 bits per heavy atom. The van der Waals surface area contributed by atoms with Crippen LogP contribution in [0.15, 0.2) is 88.5 Å². The van der Waals surface area contributed by atoms with Crippen LogP contribution in [0.5, 0.6) is 0 Å². The number of aromatic nitrogens is 2. The van der Waals surface area contributed by atoms with Crippen molar-refractivity contribution in [1.29, 1.82) is 0 Å². The molecule has 2 aliphatic heterocycles. The van der Waals surface area contributed by atoms with Crippen LogP contribution in [0.1, 0.15) is 41.1 Å². The number of carboxylic acids is 1. The third kappa shape index (κ3) is 8.11. The van der Waals surface area contributed by atoms with E-state index in [0.717, 1.165) is 27.6 Å². The fraction of sp³-hybridized carbons (Fsp3) is 0.229. The lowest BCUT2D eigenvalue weighted by Crippen LogP contribution is -2.35. The van der Waals surface area contributed by atoms with Crippen molar-refractivity contribution >= 4 is 40.1 Å². The predicted octanol–water partition coefficient (Wildman–Crippen LogP) is 6.60. The average molecular weight is 692 g/mol. The zero-order chi connectivity index (χ0) is 36.2. The number of alkyl halides is 3. The predicted molar refractivity (Wildman–Crippen MR) is 178 cm³/mol. The van der Waals surface area contributed by atoms with E-state index in [0.29, 0.717) is 28.2 Å². The van der Waals surface area contributed by atoms with E-state index in [1.54, 1.807) is 48.6 Å². The maximum absolute atomic E-state index is 14.3. The molecule has 0 radical (unpaired) electrons. The SMILES string of the molecule is Cc1cc2ccc1[C@@H](C)COC(=O)Nc1ccc(-c3ncco3)c(c1)CN(C)C(=O)[C@@H]2Nc1ccc2cc[nH]c(=O)c2c1.O=C(O)C(F)(F)F. The van der Waals surface area contributed by atoms with Gasteiger partial charge < -0.3 is 29.5 Å². The number of fused-ring (bicyclic) bond motifs is 10. The molecular formula is C35H32F3N5O7. The third-order valence-electron chi connectivity index (χ3n) is 8.00. The highest BCUT2D eigenvalue weighted by molar-refractivity contribution is 5.89. The lowest BCUT2D eigenvalue weighted by molar-refractivity contribution is -0.192. The molecule has 4 N–H and O–H groups in total. The highest BCUT2D eigenvalue weighted by Gasteiger charge is 2.38. The molecule has 2 amide bonds. The molecule has 260 valence electrons. The van der Waals surface area contributed by atoms with E-state index < -0.39 is 24.3 Å². The van der Waals surface area contributed by atoms with Gasteiger partial charge >= 0.3 is 18.2 Å². The van der Waals surface area contributed by atoms with E-state index in [1.165, 1.54) is 6.26 Å². The molecule has 2 aromatic heterocycles. The first-order valence-corrected chi connectivity index (χ1v) is 15.2. The van der Waals surface area contributed by atoms with Crippen LogP contribution in [-0.2, 0) is 20.9 Å². The highest BCUT2D eigenvalue weighted by atomic mass is 19.4. The summed E-state index contributed by atoms with van der Waals surface area (Å²) in [5.41, 5.74) is 5.11. The largest absolute Gasteiger partial charge is 0.490 e. The number of likely N-dealkylation sites (N-methyl/N-ethyl adjacent to an activating group) is 1. The number of hydrogen-bond donors (Lipinski definition) is 4. The molecule has 5 aromatic rings. The number of aliphatic carboxylic acids is 1. The second-order valence-corrected chi connectivity index (χ2v) is 11.6. The summed E-state index contributed by atoms with van der Waals surface area (Å²) in [7, 11) is 1.72. The summed E-state index contributed by atoms with van der Waals surface area (Å²) in [6.07, 6.45) is -0.998. The van der Waals surface area contributed by atoms with E-state index >= 15 is 0 Å². The van der Waals surface area contributed by atoms with Crippen molar-refractivity contribution in [2.24, 2.45) is 0 Å². The summed E-state index contributed by atoms with van der Waals surface area (Å²) in [4.78, 5) is 56.9. The number of amides is 2. The monoisotopic (exact) mass is 691 g/mol. The first kappa shape index (κ1) is 35.2. The van der Waals surface area contributed by atoms with Crippen molar-refractivity contribution in [3.05, 3.63) is 112 Å². The molecule has 12 nitrogen and oxygen atoms in total. The number of pyridine rings is 1. The van der Waals surface area contributed by atoms with Gasteiger partial charge in [0.05, 0.1) is 12.8 Å². The van der Waals surface area contributed by atoms with Gasteiger partial charge in [0, 0.05) is 48.0 Å². The number of nitrogens with zero attached hydrogens (tertiary/aromatic N) is 2. The number of rotatable bonds is 3. The van der Waals surface area contributed by atoms with Crippen LogP contribution in [0.25, 0.3) is 22.2 Å². The Morgan fingerprint density at radius 1 is 1.06 bits per heavy atom. The van der Waals surface area contributed by atoms with Gasteiger partial charge in [-0.1, -0.05) is 31.2 Å². The van der Waals surface area contributed by atoms with Gasteiger partial charge in [0.25, 0.3) is 5.56 Å². The maximum Gasteiger partial charge on any atom is 0.490 e. The molecule has 2 aliphatic rings. The molecule has 0 unspecified atom stereocenters. The molecule has 50 heavy (non-hydrogen) atoms. The molecule has 7 rings (SSSR count). The number of halogens is 3. The van der Waals surface area contributed by atoms with Gasteiger partial charge in [0.1, 0.15) is 12.3 Å². The van der Waals surface area contributed by atoms with Crippen molar-refractivity contribution in [2.75, 3.05) is 24.3 Å². The van der Waals surface area contributed by atoms with Gasteiger partial charge in [-0.2, -0.15) is 13.2 Å². The number of carbonyl (C=O) groups excluding carboxylic acids is 2. The number of H-pyrrole nitrogens is 1. The topological polar surface area (TPSA) is 167 Å². The summed E-state index contributed by atoms with van der Waals surface area (Å²) in [6.45, 7) is 4.35. The smallest absolute Gasteiger partial charge is 0.475 e. The Kier molecular flexibility index (Phi) is 10.2. The minimum atomic E-state index is -5.08. The Bertz CT molecular complexity index is 2100. The summed E-state index contributed by atoms with van der Waals surface area (Å²) in [5, 5.41) is 14.6. The van der Waals surface area contributed by atoms with Gasteiger partial charge in [-0.05, 0) is 71.0 Å².